The molecule has 4 nitrogen and oxygen atoms in total. The Bertz CT molecular complexity index is 1150. The zero-order valence-electron chi connectivity index (χ0n) is 13.5. The van der Waals surface area contributed by atoms with Gasteiger partial charge in [-0.2, -0.15) is 22.8 Å². The highest BCUT2D eigenvalue weighted by Gasteiger charge is 2.30. The summed E-state index contributed by atoms with van der Waals surface area (Å²) in [6, 6.07) is 12.7. The van der Waals surface area contributed by atoms with Crippen molar-refractivity contribution in [3.63, 3.8) is 0 Å². The number of fused-ring (bicyclic) bond motifs is 1. The van der Waals surface area contributed by atoms with Gasteiger partial charge >= 0.3 is 6.18 Å². The monoisotopic (exact) mass is 450 g/mol. The van der Waals surface area contributed by atoms with E-state index in [0.717, 1.165) is 22.2 Å². The maximum Gasteiger partial charge on any atom is 0.416 e. The highest BCUT2D eigenvalue weighted by molar-refractivity contribution is 9.10. The van der Waals surface area contributed by atoms with E-state index in [1.165, 1.54) is 17.4 Å². The zero-order valence-corrected chi connectivity index (χ0v) is 15.9. The first kappa shape index (κ1) is 17.9. The molecule has 0 N–H and O–H groups in total. The van der Waals surface area contributed by atoms with E-state index in [2.05, 4.69) is 31.2 Å². The summed E-state index contributed by atoms with van der Waals surface area (Å²) in [5.74, 6) is 0.590. The average Bonchev–Trinajstić information content (AvgIpc) is 3.20. The maximum atomic E-state index is 12.8. The van der Waals surface area contributed by atoms with Gasteiger partial charge in [0.25, 0.3) is 0 Å². The van der Waals surface area contributed by atoms with Crippen molar-refractivity contribution < 1.29 is 13.2 Å². The summed E-state index contributed by atoms with van der Waals surface area (Å²) < 4.78 is 40.9. The molecule has 0 aliphatic heterocycles. The van der Waals surface area contributed by atoms with Gasteiger partial charge in [0.15, 0.2) is 5.82 Å². The molecule has 0 atom stereocenters. The van der Waals surface area contributed by atoms with E-state index in [0.29, 0.717) is 21.4 Å². The van der Waals surface area contributed by atoms with Gasteiger partial charge in [-0.05, 0) is 35.9 Å². The molecule has 0 aliphatic carbocycles. The Hall–Kier alpha value is -2.52. The lowest BCUT2D eigenvalue weighted by atomic mass is 10.1. The first-order chi connectivity index (χ1) is 12.9. The molecule has 9 heteroatoms. The lowest BCUT2D eigenvalue weighted by Gasteiger charge is -2.06. The van der Waals surface area contributed by atoms with Gasteiger partial charge in [0.2, 0.25) is 4.96 Å². The Morgan fingerprint density at radius 3 is 2.59 bits per heavy atom. The number of halogens is 4. The standard InChI is InChI=1S/C18H10BrF3N4S/c19-14-7-2-1-6-13(14)16-23-24-17-26(16)25-15(27-17)9-8-11-4-3-5-12(10-11)18(20,21)22/h1-10H/b9-8+. The average molecular weight is 451 g/mol. The van der Waals surface area contributed by atoms with Crippen molar-refractivity contribution in [2.24, 2.45) is 0 Å². The van der Waals surface area contributed by atoms with Crippen LogP contribution < -0.4 is 0 Å². The minimum atomic E-state index is -4.37. The number of hydrogen-bond acceptors (Lipinski definition) is 4. The second kappa shape index (κ2) is 6.90. The van der Waals surface area contributed by atoms with E-state index in [4.69, 9.17) is 0 Å². The van der Waals surface area contributed by atoms with Crippen LogP contribution in [0.4, 0.5) is 13.2 Å². The Morgan fingerprint density at radius 1 is 1.00 bits per heavy atom. The predicted molar refractivity (Wildman–Crippen MR) is 102 cm³/mol. The van der Waals surface area contributed by atoms with Crippen molar-refractivity contribution >= 4 is 44.4 Å². The third kappa shape index (κ3) is 3.65. The second-order valence-electron chi connectivity index (χ2n) is 5.59. The van der Waals surface area contributed by atoms with E-state index in [9.17, 15) is 13.2 Å². The lowest BCUT2D eigenvalue weighted by Crippen LogP contribution is -2.04. The Morgan fingerprint density at radius 2 is 1.81 bits per heavy atom. The van der Waals surface area contributed by atoms with Gasteiger partial charge in [-0.25, -0.2) is 0 Å². The molecule has 0 saturated carbocycles. The van der Waals surface area contributed by atoms with Crippen LogP contribution in [0.2, 0.25) is 0 Å². The minimum Gasteiger partial charge on any atom is -0.182 e. The van der Waals surface area contributed by atoms with Gasteiger partial charge in [0.05, 0.1) is 5.56 Å². The summed E-state index contributed by atoms with van der Waals surface area (Å²) in [6.45, 7) is 0. The Kier molecular flexibility index (Phi) is 4.56. The third-order valence-electron chi connectivity index (χ3n) is 3.75. The van der Waals surface area contributed by atoms with Gasteiger partial charge in [-0.1, -0.05) is 57.6 Å². The number of alkyl halides is 3. The van der Waals surface area contributed by atoms with Crippen LogP contribution in [0.5, 0.6) is 0 Å². The lowest BCUT2D eigenvalue weighted by molar-refractivity contribution is -0.137. The molecular formula is C18H10BrF3N4S. The predicted octanol–water partition coefficient (Wildman–Crippen LogP) is 5.80. The van der Waals surface area contributed by atoms with Crippen molar-refractivity contribution in [1.82, 2.24) is 19.8 Å². The Labute approximate surface area is 164 Å². The van der Waals surface area contributed by atoms with Gasteiger partial charge in [-0.15, -0.1) is 10.2 Å². The van der Waals surface area contributed by atoms with E-state index < -0.39 is 11.7 Å². The quantitative estimate of drug-likeness (QED) is 0.395. The van der Waals surface area contributed by atoms with Crippen LogP contribution in [0.1, 0.15) is 16.1 Å². The second-order valence-corrected chi connectivity index (χ2v) is 7.44. The summed E-state index contributed by atoms with van der Waals surface area (Å²) in [5, 5.41) is 13.4. The third-order valence-corrected chi connectivity index (χ3v) is 5.31. The number of hydrogen-bond donors (Lipinski definition) is 0. The van der Waals surface area contributed by atoms with Crippen LogP contribution in [-0.2, 0) is 6.18 Å². The molecular weight excluding hydrogens is 441 g/mol. The number of benzene rings is 2. The first-order valence-electron chi connectivity index (χ1n) is 7.74. The zero-order chi connectivity index (χ0) is 19.0. The molecule has 0 fully saturated rings. The Balaban J connectivity index is 1.66. The molecule has 0 amide bonds. The largest absolute Gasteiger partial charge is 0.416 e. The van der Waals surface area contributed by atoms with Gasteiger partial charge in [-0.3, -0.25) is 0 Å². The molecule has 136 valence electrons. The van der Waals surface area contributed by atoms with Crippen molar-refractivity contribution in [2.75, 3.05) is 0 Å². The number of nitrogens with zero attached hydrogens (tertiary/aromatic N) is 4. The van der Waals surface area contributed by atoms with Crippen LogP contribution in [-0.4, -0.2) is 19.8 Å². The molecule has 0 radical (unpaired) electrons. The molecule has 0 aliphatic rings. The van der Waals surface area contributed by atoms with Crippen LogP contribution in [0.25, 0.3) is 28.5 Å². The molecule has 4 rings (SSSR count). The van der Waals surface area contributed by atoms with Crippen LogP contribution in [0.3, 0.4) is 0 Å². The first-order valence-corrected chi connectivity index (χ1v) is 9.35. The molecule has 2 heterocycles. The summed E-state index contributed by atoms with van der Waals surface area (Å²) in [6.07, 6.45) is -1.10. The molecule has 2 aromatic heterocycles. The fourth-order valence-electron chi connectivity index (χ4n) is 2.50. The summed E-state index contributed by atoms with van der Waals surface area (Å²) in [7, 11) is 0. The molecule has 0 spiro atoms. The molecule has 27 heavy (non-hydrogen) atoms. The van der Waals surface area contributed by atoms with E-state index in [1.807, 2.05) is 24.3 Å². The summed E-state index contributed by atoms with van der Waals surface area (Å²) in [5.41, 5.74) is 0.615. The molecule has 0 unspecified atom stereocenters. The summed E-state index contributed by atoms with van der Waals surface area (Å²) >= 11 is 4.78. The van der Waals surface area contributed by atoms with E-state index in [-0.39, 0.29) is 0 Å². The fraction of sp³-hybridized carbons (Fsp3) is 0.0556. The maximum absolute atomic E-state index is 12.8. The molecule has 0 bridgehead atoms. The van der Waals surface area contributed by atoms with Crippen molar-refractivity contribution in [1.29, 1.82) is 0 Å². The van der Waals surface area contributed by atoms with Crippen LogP contribution in [0.15, 0.2) is 53.0 Å². The van der Waals surface area contributed by atoms with Crippen molar-refractivity contribution in [2.45, 2.75) is 6.18 Å². The molecule has 0 saturated heterocycles. The molecule has 2 aromatic carbocycles. The fourth-order valence-corrected chi connectivity index (χ4v) is 3.70. The van der Waals surface area contributed by atoms with E-state index in [1.54, 1.807) is 22.7 Å². The topological polar surface area (TPSA) is 43.1 Å². The normalized spacial score (nSPS) is 12.3. The van der Waals surface area contributed by atoms with Crippen LogP contribution in [0, 0.1) is 0 Å². The van der Waals surface area contributed by atoms with Gasteiger partial charge < -0.3 is 0 Å². The van der Waals surface area contributed by atoms with E-state index >= 15 is 0 Å². The smallest absolute Gasteiger partial charge is 0.182 e. The van der Waals surface area contributed by atoms with Crippen molar-refractivity contribution in [3.8, 4) is 11.4 Å². The number of aromatic nitrogens is 4. The minimum absolute atomic E-state index is 0.446. The van der Waals surface area contributed by atoms with Gasteiger partial charge in [0.1, 0.15) is 5.01 Å². The van der Waals surface area contributed by atoms with Crippen molar-refractivity contribution in [3.05, 3.63) is 69.1 Å². The van der Waals surface area contributed by atoms with Gasteiger partial charge in [0, 0.05) is 10.0 Å². The van der Waals surface area contributed by atoms with Crippen LogP contribution >= 0.6 is 27.3 Å². The number of rotatable bonds is 3. The summed E-state index contributed by atoms with van der Waals surface area (Å²) in [4.78, 5) is 0.601. The molecule has 4 aromatic rings. The SMILES string of the molecule is FC(F)(F)c1cccc(/C=C/c2nn3c(-c4ccccc4Br)nnc3s2)c1. The highest BCUT2D eigenvalue weighted by Crippen LogP contribution is 2.30. The highest BCUT2D eigenvalue weighted by atomic mass is 79.9.